The fourth-order valence-corrected chi connectivity index (χ4v) is 2.24. The smallest absolute Gasteiger partial charge is 0.315 e. The van der Waals surface area contributed by atoms with Crippen molar-refractivity contribution < 1.29 is 9.90 Å². The minimum atomic E-state index is -0.630. The molecule has 0 bridgehead atoms. The lowest BCUT2D eigenvalue weighted by atomic mass is 10.0. The number of hydrogen-bond acceptors (Lipinski definition) is 3. The van der Waals surface area contributed by atoms with Crippen molar-refractivity contribution in [1.82, 2.24) is 10.6 Å². The van der Waals surface area contributed by atoms with Gasteiger partial charge in [0.05, 0.1) is 6.54 Å². The number of carbonyl (C=O) groups excluding carboxylic acids is 1. The van der Waals surface area contributed by atoms with Gasteiger partial charge in [-0.2, -0.15) is 0 Å². The van der Waals surface area contributed by atoms with Gasteiger partial charge in [0.25, 0.3) is 0 Å². The number of thiophene rings is 1. The largest absolute Gasteiger partial charge is 0.386 e. The van der Waals surface area contributed by atoms with Crippen LogP contribution in [0.4, 0.5) is 4.79 Å². The maximum absolute atomic E-state index is 11.6. The second-order valence-corrected chi connectivity index (χ2v) is 5.54. The highest BCUT2D eigenvalue weighted by atomic mass is 32.1. The zero-order valence-electron chi connectivity index (χ0n) is 11.1. The molecule has 0 spiro atoms. The van der Waals surface area contributed by atoms with Gasteiger partial charge in [-0.1, -0.05) is 26.3 Å². The molecule has 1 aromatic heterocycles. The number of urea groups is 1. The Kier molecular flexibility index (Phi) is 6.15. The fraction of sp³-hybridized carbons (Fsp3) is 0.615. The van der Waals surface area contributed by atoms with Gasteiger partial charge in [0.1, 0.15) is 6.10 Å². The molecule has 4 nitrogen and oxygen atoms in total. The van der Waals surface area contributed by atoms with Gasteiger partial charge in [-0.25, -0.2) is 4.79 Å². The first-order chi connectivity index (χ1) is 8.54. The van der Waals surface area contributed by atoms with E-state index in [1.54, 1.807) is 0 Å². The van der Waals surface area contributed by atoms with Crippen molar-refractivity contribution in [2.24, 2.45) is 5.92 Å². The van der Waals surface area contributed by atoms with Crippen LogP contribution >= 0.6 is 11.3 Å². The van der Waals surface area contributed by atoms with Gasteiger partial charge in [0.15, 0.2) is 0 Å². The van der Waals surface area contributed by atoms with E-state index >= 15 is 0 Å². The van der Waals surface area contributed by atoms with E-state index in [0.29, 0.717) is 5.92 Å². The zero-order chi connectivity index (χ0) is 13.5. The van der Waals surface area contributed by atoms with E-state index in [9.17, 15) is 9.90 Å². The Balaban J connectivity index is 2.29. The van der Waals surface area contributed by atoms with Gasteiger partial charge >= 0.3 is 6.03 Å². The molecule has 0 aliphatic rings. The lowest BCUT2D eigenvalue weighted by Gasteiger charge is -2.20. The molecule has 3 atom stereocenters. The van der Waals surface area contributed by atoms with Crippen LogP contribution in [0.25, 0.3) is 0 Å². The van der Waals surface area contributed by atoms with Crippen molar-refractivity contribution in [3.63, 3.8) is 0 Å². The van der Waals surface area contributed by atoms with Gasteiger partial charge in [0.2, 0.25) is 0 Å². The van der Waals surface area contributed by atoms with E-state index in [-0.39, 0.29) is 18.6 Å². The summed E-state index contributed by atoms with van der Waals surface area (Å²) >= 11 is 1.48. The lowest BCUT2D eigenvalue weighted by molar-refractivity contribution is 0.175. The molecule has 0 aromatic carbocycles. The molecule has 1 heterocycles. The quantitative estimate of drug-likeness (QED) is 0.744. The Hall–Kier alpha value is -1.07. The molecule has 1 aromatic rings. The number of aliphatic hydroxyl groups excluding tert-OH is 1. The van der Waals surface area contributed by atoms with Crippen LogP contribution in [0.5, 0.6) is 0 Å². The number of nitrogens with one attached hydrogen (secondary N) is 2. The molecule has 0 aliphatic carbocycles. The first-order valence-corrected chi connectivity index (χ1v) is 7.18. The second kappa shape index (κ2) is 7.38. The van der Waals surface area contributed by atoms with Crippen LogP contribution in [0.2, 0.25) is 0 Å². The Morgan fingerprint density at radius 3 is 2.78 bits per heavy atom. The third kappa shape index (κ3) is 4.66. The number of rotatable bonds is 6. The van der Waals surface area contributed by atoms with Crippen LogP contribution in [-0.2, 0) is 0 Å². The predicted molar refractivity (Wildman–Crippen MR) is 74.7 cm³/mol. The summed E-state index contributed by atoms with van der Waals surface area (Å²) in [4.78, 5) is 12.5. The Morgan fingerprint density at radius 1 is 1.50 bits per heavy atom. The van der Waals surface area contributed by atoms with Crippen LogP contribution in [0, 0.1) is 5.92 Å². The summed E-state index contributed by atoms with van der Waals surface area (Å²) in [6, 6.07) is 3.65. The molecule has 0 fully saturated rings. The van der Waals surface area contributed by atoms with E-state index < -0.39 is 6.10 Å². The van der Waals surface area contributed by atoms with Crippen molar-refractivity contribution in [3.05, 3.63) is 22.4 Å². The molecule has 3 N–H and O–H groups in total. The Labute approximate surface area is 112 Å². The summed E-state index contributed by atoms with van der Waals surface area (Å²) in [7, 11) is 0. The van der Waals surface area contributed by atoms with Crippen LogP contribution in [0.3, 0.4) is 0 Å². The summed E-state index contributed by atoms with van der Waals surface area (Å²) in [5.74, 6) is 0.443. The summed E-state index contributed by atoms with van der Waals surface area (Å²) in [5, 5.41) is 17.3. The first-order valence-electron chi connectivity index (χ1n) is 6.30. The molecule has 18 heavy (non-hydrogen) atoms. The standard InChI is InChI=1S/C13H22N2O2S/c1-4-9(2)10(3)15-13(17)14-8-11(16)12-6-5-7-18-12/h5-7,9-11,16H,4,8H2,1-3H3,(H2,14,15,17)/t9-,10-,11-/m0/s1. The lowest BCUT2D eigenvalue weighted by Crippen LogP contribution is -2.44. The maximum atomic E-state index is 11.6. The van der Waals surface area contributed by atoms with Crippen molar-refractivity contribution in [3.8, 4) is 0 Å². The summed E-state index contributed by atoms with van der Waals surface area (Å²) in [6.45, 7) is 6.43. The monoisotopic (exact) mass is 270 g/mol. The number of aliphatic hydroxyl groups is 1. The maximum Gasteiger partial charge on any atom is 0.315 e. The molecule has 1 rings (SSSR count). The molecule has 5 heteroatoms. The number of carbonyl (C=O) groups is 1. The highest BCUT2D eigenvalue weighted by Crippen LogP contribution is 2.17. The number of hydrogen-bond donors (Lipinski definition) is 3. The van der Waals surface area contributed by atoms with Gasteiger partial charge in [0, 0.05) is 10.9 Å². The summed E-state index contributed by atoms with van der Waals surface area (Å²) < 4.78 is 0. The molecular weight excluding hydrogens is 248 g/mol. The molecule has 0 aliphatic heterocycles. The van der Waals surface area contributed by atoms with Gasteiger partial charge < -0.3 is 15.7 Å². The van der Waals surface area contributed by atoms with E-state index in [1.165, 1.54) is 11.3 Å². The minimum Gasteiger partial charge on any atom is -0.386 e. The van der Waals surface area contributed by atoms with Gasteiger partial charge in [-0.05, 0) is 24.3 Å². The van der Waals surface area contributed by atoms with E-state index in [0.717, 1.165) is 11.3 Å². The molecule has 2 amide bonds. The Morgan fingerprint density at radius 2 is 2.22 bits per heavy atom. The fourth-order valence-electron chi connectivity index (χ4n) is 1.52. The van der Waals surface area contributed by atoms with Crippen molar-refractivity contribution in [2.45, 2.75) is 39.3 Å². The average molecular weight is 270 g/mol. The third-order valence-electron chi connectivity index (χ3n) is 3.18. The molecule has 102 valence electrons. The normalized spacial score (nSPS) is 15.8. The van der Waals surface area contributed by atoms with E-state index in [1.807, 2.05) is 24.4 Å². The molecule has 0 saturated heterocycles. The van der Waals surface area contributed by atoms with Crippen LogP contribution in [0.1, 0.15) is 38.2 Å². The van der Waals surface area contributed by atoms with Crippen molar-refractivity contribution in [2.75, 3.05) is 6.54 Å². The SMILES string of the molecule is CC[C@H](C)[C@H](C)NC(=O)NC[C@H](O)c1cccs1. The van der Waals surface area contributed by atoms with E-state index in [4.69, 9.17) is 0 Å². The molecule has 0 saturated carbocycles. The van der Waals surface area contributed by atoms with Crippen LogP contribution in [0.15, 0.2) is 17.5 Å². The molecule has 0 radical (unpaired) electrons. The summed E-state index contributed by atoms with van der Waals surface area (Å²) in [5.41, 5.74) is 0. The predicted octanol–water partition coefficient (Wildman–Crippen LogP) is 2.52. The topological polar surface area (TPSA) is 61.4 Å². The van der Waals surface area contributed by atoms with Gasteiger partial charge in [-0.15, -0.1) is 11.3 Å². The highest BCUT2D eigenvalue weighted by molar-refractivity contribution is 7.10. The van der Waals surface area contributed by atoms with Crippen LogP contribution in [-0.4, -0.2) is 23.7 Å². The highest BCUT2D eigenvalue weighted by Gasteiger charge is 2.14. The van der Waals surface area contributed by atoms with Crippen molar-refractivity contribution in [1.29, 1.82) is 0 Å². The summed E-state index contributed by atoms with van der Waals surface area (Å²) in [6.07, 6.45) is 0.397. The average Bonchev–Trinajstić information content (AvgIpc) is 2.88. The number of amides is 2. The second-order valence-electron chi connectivity index (χ2n) is 4.56. The molecule has 0 unspecified atom stereocenters. The van der Waals surface area contributed by atoms with Crippen molar-refractivity contribution >= 4 is 17.4 Å². The van der Waals surface area contributed by atoms with Crippen LogP contribution < -0.4 is 10.6 Å². The third-order valence-corrected chi connectivity index (χ3v) is 4.16. The Bertz CT molecular complexity index is 354. The zero-order valence-corrected chi connectivity index (χ0v) is 12.0. The van der Waals surface area contributed by atoms with Gasteiger partial charge in [-0.3, -0.25) is 0 Å². The van der Waals surface area contributed by atoms with E-state index in [2.05, 4.69) is 24.5 Å². The minimum absolute atomic E-state index is 0.133. The first kappa shape index (κ1) is 15.0. The molecular formula is C13H22N2O2S.